The maximum Gasteiger partial charge on any atom is 0.313 e. The number of carbonyl (C=O) groups is 1. The van der Waals surface area contributed by atoms with Crippen molar-refractivity contribution in [2.75, 3.05) is 20.3 Å². The molecule has 0 heterocycles. The van der Waals surface area contributed by atoms with Gasteiger partial charge >= 0.3 is 5.97 Å². The normalized spacial score (nSPS) is 12.4. The predicted octanol–water partition coefficient (Wildman–Crippen LogP) is 2.62. The molecule has 1 atom stereocenters. The molecule has 0 aliphatic heterocycles. The van der Waals surface area contributed by atoms with Crippen LogP contribution in [0.4, 0.5) is 0 Å². The topological polar surface area (TPSA) is 91.3 Å². The maximum absolute atomic E-state index is 12.0. The van der Waals surface area contributed by atoms with Crippen LogP contribution in [-0.2, 0) is 14.4 Å². The van der Waals surface area contributed by atoms with Crippen molar-refractivity contribution in [1.29, 1.82) is 0 Å². The molecule has 0 aromatic heterocycles. The smallest absolute Gasteiger partial charge is 0.313 e. The van der Waals surface area contributed by atoms with Gasteiger partial charge in [-0.1, -0.05) is 24.3 Å². The lowest BCUT2D eigenvalue weighted by molar-refractivity contribution is -0.308. The van der Waals surface area contributed by atoms with Gasteiger partial charge in [0.2, 0.25) is 0 Å². The number of hydrogen-bond donors (Lipinski definition) is 1. The van der Waals surface area contributed by atoms with Crippen LogP contribution in [0.25, 0.3) is 10.8 Å². The molecule has 0 radical (unpaired) electrons. The van der Waals surface area contributed by atoms with Gasteiger partial charge in [-0.05, 0) is 35.4 Å². The minimum atomic E-state index is -0.672. The van der Waals surface area contributed by atoms with E-state index in [1.54, 1.807) is 14.0 Å². The summed E-state index contributed by atoms with van der Waals surface area (Å²) in [6.45, 7) is 1.41. The molecule has 124 valence electrons. The second-order valence-electron chi connectivity index (χ2n) is 4.93. The summed E-state index contributed by atoms with van der Waals surface area (Å²) in [5.41, 5.74) is 0.821. The minimum Gasteiger partial charge on any atom is -0.738 e. The van der Waals surface area contributed by atoms with Gasteiger partial charge in [0.25, 0.3) is 0 Å². The van der Waals surface area contributed by atoms with Crippen LogP contribution in [0, 0.1) is 5.21 Å². The van der Waals surface area contributed by atoms with Crippen molar-refractivity contribution in [2.24, 2.45) is 0 Å². The van der Waals surface area contributed by atoms with Gasteiger partial charge in [0, 0.05) is 0 Å². The zero-order valence-corrected chi connectivity index (χ0v) is 12.9. The molecule has 0 saturated carbocycles. The average Bonchev–Trinajstić information content (AvgIpc) is 2.56. The van der Waals surface area contributed by atoms with Gasteiger partial charge in [0.1, 0.15) is 19.0 Å². The molecule has 0 fully saturated rings. The molecule has 7 heteroatoms. The third kappa shape index (κ3) is 4.64. The Morgan fingerprint density at radius 3 is 2.61 bits per heavy atom. The number of esters is 1. The molecule has 0 bridgehead atoms. The number of ether oxygens (including phenoxy) is 2. The standard InChI is InChI=1S/C16H18NO6/c1-11(16(18)22-7-8-23-17(19)20)12-3-4-14-10-15(21-2)6-5-13(14)9-12/h3-6,9-11,19H,7-8H2,1-2H3/q-1. The number of hydrogen-bond acceptors (Lipinski definition) is 7. The molecule has 0 spiro atoms. The molecule has 7 nitrogen and oxygen atoms in total. The molecular formula is C16H18NO6-. The predicted molar refractivity (Wildman–Crippen MR) is 82.8 cm³/mol. The lowest BCUT2D eigenvalue weighted by Gasteiger charge is -2.18. The van der Waals surface area contributed by atoms with E-state index in [9.17, 15) is 10.0 Å². The highest BCUT2D eigenvalue weighted by Gasteiger charge is 2.17. The summed E-state index contributed by atoms with van der Waals surface area (Å²) in [6, 6.07) is 11.4. The molecular weight excluding hydrogens is 302 g/mol. The van der Waals surface area contributed by atoms with E-state index in [-0.39, 0.29) is 13.2 Å². The summed E-state index contributed by atoms with van der Waals surface area (Å²) in [4.78, 5) is 16.2. The van der Waals surface area contributed by atoms with Crippen molar-refractivity contribution in [2.45, 2.75) is 12.8 Å². The van der Waals surface area contributed by atoms with Crippen LogP contribution in [0.1, 0.15) is 18.4 Å². The largest absolute Gasteiger partial charge is 0.738 e. The first-order valence-corrected chi connectivity index (χ1v) is 7.04. The van der Waals surface area contributed by atoms with Crippen LogP contribution in [0.3, 0.4) is 0 Å². The Balaban J connectivity index is 2.02. The van der Waals surface area contributed by atoms with Crippen molar-refractivity contribution >= 4 is 16.7 Å². The number of methoxy groups -OCH3 is 1. The van der Waals surface area contributed by atoms with Crippen LogP contribution in [0.2, 0.25) is 0 Å². The zero-order chi connectivity index (χ0) is 16.8. The molecule has 23 heavy (non-hydrogen) atoms. The fourth-order valence-corrected chi connectivity index (χ4v) is 2.16. The number of nitrogens with zero attached hydrogens (tertiary/aromatic N) is 1. The van der Waals surface area contributed by atoms with E-state index in [2.05, 4.69) is 4.84 Å². The molecule has 0 aliphatic rings. The van der Waals surface area contributed by atoms with Gasteiger partial charge in [-0.25, -0.2) is 0 Å². The van der Waals surface area contributed by atoms with Crippen LogP contribution < -0.4 is 4.74 Å². The van der Waals surface area contributed by atoms with E-state index < -0.39 is 17.3 Å². The number of fused-ring (bicyclic) bond motifs is 1. The minimum absolute atomic E-state index is 0.118. The second-order valence-corrected chi connectivity index (χ2v) is 4.93. The summed E-state index contributed by atoms with van der Waals surface area (Å²) >= 11 is 0. The van der Waals surface area contributed by atoms with Gasteiger partial charge in [0.15, 0.2) is 0 Å². The highest BCUT2D eigenvalue weighted by atomic mass is 17.1. The third-order valence-electron chi connectivity index (χ3n) is 3.45. The summed E-state index contributed by atoms with van der Waals surface area (Å²) < 4.78 is 10.2. The van der Waals surface area contributed by atoms with E-state index >= 15 is 0 Å². The van der Waals surface area contributed by atoms with E-state index in [1.807, 2.05) is 36.4 Å². The Kier molecular flexibility index (Phi) is 5.89. The van der Waals surface area contributed by atoms with Crippen molar-refractivity contribution < 1.29 is 24.3 Å². The molecule has 2 aromatic rings. The van der Waals surface area contributed by atoms with Gasteiger partial charge in [-0.2, -0.15) is 0 Å². The summed E-state index contributed by atoms with van der Waals surface area (Å²) in [7, 11) is 1.61. The van der Waals surface area contributed by atoms with Crippen molar-refractivity contribution in [3.8, 4) is 5.75 Å². The van der Waals surface area contributed by atoms with Crippen LogP contribution in [0.15, 0.2) is 36.4 Å². The molecule has 1 unspecified atom stereocenters. The second kappa shape index (κ2) is 7.89. The van der Waals surface area contributed by atoms with Crippen LogP contribution in [-0.4, -0.2) is 36.9 Å². The molecule has 2 aromatic carbocycles. The number of benzene rings is 2. The lowest BCUT2D eigenvalue weighted by Crippen LogP contribution is -2.19. The first-order valence-electron chi connectivity index (χ1n) is 7.04. The Morgan fingerprint density at radius 1 is 1.22 bits per heavy atom. The molecule has 0 aliphatic carbocycles. The maximum atomic E-state index is 12.0. The summed E-state index contributed by atoms with van der Waals surface area (Å²) in [5, 5.41) is 19.7. The zero-order valence-electron chi connectivity index (χ0n) is 12.9. The van der Waals surface area contributed by atoms with Crippen molar-refractivity contribution in [1.82, 2.24) is 5.39 Å². The van der Waals surface area contributed by atoms with E-state index in [0.29, 0.717) is 0 Å². The van der Waals surface area contributed by atoms with Crippen molar-refractivity contribution in [3.05, 3.63) is 47.2 Å². The first-order chi connectivity index (χ1) is 11.0. The average molecular weight is 320 g/mol. The Labute approximate surface area is 133 Å². The molecule has 1 N–H and O–H groups in total. The Morgan fingerprint density at radius 2 is 1.91 bits per heavy atom. The highest BCUT2D eigenvalue weighted by molar-refractivity contribution is 5.86. The molecule has 0 amide bonds. The van der Waals surface area contributed by atoms with Crippen LogP contribution >= 0.6 is 0 Å². The lowest BCUT2D eigenvalue weighted by atomic mass is 9.98. The van der Waals surface area contributed by atoms with E-state index in [4.69, 9.17) is 14.7 Å². The highest BCUT2D eigenvalue weighted by Crippen LogP contribution is 2.25. The Bertz CT molecular complexity index is 673. The fourth-order valence-electron chi connectivity index (χ4n) is 2.16. The fraction of sp³-hybridized carbons (Fsp3) is 0.312. The molecule has 0 saturated heterocycles. The van der Waals surface area contributed by atoms with E-state index in [0.717, 1.165) is 22.1 Å². The first kappa shape index (κ1) is 17.2. The van der Waals surface area contributed by atoms with Gasteiger partial charge < -0.3 is 19.9 Å². The van der Waals surface area contributed by atoms with Crippen LogP contribution in [0.5, 0.6) is 5.75 Å². The third-order valence-corrected chi connectivity index (χ3v) is 3.45. The number of rotatable bonds is 7. The van der Waals surface area contributed by atoms with Crippen molar-refractivity contribution in [3.63, 3.8) is 0 Å². The monoisotopic (exact) mass is 320 g/mol. The number of carbonyl (C=O) groups excluding carboxylic acids is 1. The van der Waals surface area contributed by atoms with E-state index in [1.165, 1.54) is 0 Å². The van der Waals surface area contributed by atoms with Gasteiger partial charge in [-0.15, -0.1) is 5.39 Å². The Hall–Kier alpha value is -2.19. The van der Waals surface area contributed by atoms with Gasteiger partial charge in [0.05, 0.1) is 13.0 Å². The SMILES string of the molecule is COc1ccc2cc(C(C)C(=O)OCCON([O-])O)ccc2c1. The van der Waals surface area contributed by atoms with Gasteiger partial charge in [-0.3, -0.25) is 9.63 Å². The molecule has 2 rings (SSSR count). The summed E-state index contributed by atoms with van der Waals surface area (Å²) in [5.74, 6) is -0.121. The summed E-state index contributed by atoms with van der Waals surface area (Å²) in [6.07, 6.45) is 0. The quantitative estimate of drug-likeness (QED) is 0.476.